The fourth-order valence-electron chi connectivity index (χ4n) is 2.48. The summed E-state index contributed by atoms with van der Waals surface area (Å²) in [7, 11) is -1.33. The molecule has 0 aliphatic rings. The summed E-state index contributed by atoms with van der Waals surface area (Å²) < 4.78 is 28.1. The quantitative estimate of drug-likeness (QED) is 0.890. The molecular formula is C16H21NO3S. The first-order chi connectivity index (χ1) is 9.90. The van der Waals surface area contributed by atoms with E-state index < -0.39 is 9.84 Å². The van der Waals surface area contributed by atoms with Crippen molar-refractivity contribution in [1.29, 1.82) is 0 Å². The second kappa shape index (κ2) is 6.45. The number of methoxy groups -OCH3 is 1. The van der Waals surface area contributed by atoms with Gasteiger partial charge in [0.25, 0.3) is 0 Å². The zero-order valence-electron chi connectivity index (χ0n) is 12.6. The third kappa shape index (κ3) is 4.19. The third-order valence-electron chi connectivity index (χ3n) is 3.40. The van der Waals surface area contributed by atoms with Crippen LogP contribution < -0.4 is 10.1 Å². The van der Waals surface area contributed by atoms with Crippen LogP contribution in [0.15, 0.2) is 36.4 Å². The van der Waals surface area contributed by atoms with Gasteiger partial charge in [0.1, 0.15) is 15.6 Å². The van der Waals surface area contributed by atoms with Gasteiger partial charge < -0.3 is 10.1 Å². The van der Waals surface area contributed by atoms with E-state index in [0.717, 1.165) is 22.1 Å². The van der Waals surface area contributed by atoms with Crippen molar-refractivity contribution in [3.05, 3.63) is 42.0 Å². The molecule has 5 heteroatoms. The summed E-state index contributed by atoms with van der Waals surface area (Å²) in [5, 5.41) is 5.53. The molecule has 0 radical (unpaired) electrons. The van der Waals surface area contributed by atoms with E-state index in [2.05, 4.69) is 17.4 Å². The molecule has 1 unspecified atom stereocenters. The van der Waals surface area contributed by atoms with Gasteiger partial charge in [0.2, 0.25) is 0 Å². The van der Waals surface area contributed by atoms with Crippen molar-refractivity contribution < 1.29 is 13.2 Å². The van der Waals surface area contributed by atoms with Crippen LogP contribution in [0.4, 0.5) is 0 Å². The Morgan fingerprint density at radius 2 is 1.90 bits per heavy atom. The fourth-order valence-corrected chi connectivity index (χ4v) is 3.50. The number of sulfone groups is 1. The van der Waals surface area contributed by atoms with Crippen molar-refractivity contribution in [3.63, 3.8) is 0 Å². The Balaban J connectivity index is 2.24. The molecule has 0 bridgehead atoms. The van der Waals surface area contributed by atoms with Gasteiger partial charge in [-0.15, -0.1) is 0 Å². The number of ether oxygens (including phenoxy) is 1. The maximum Gasteiger partial charge on any atom is 0.148 e. The Labute approximate surface area is 126 Å². The molecule has 2 aromatic carbocycles. The molecule has 0 fully saturated rings. The molecule has 114 valence electrons. The first-order valence-corrected chi connectivity index (χ1v) is 8.92. The minimum Gasteiger partial charge on any atom is -0.496 e. The van der Waals surface area contributed by atoms with Gasteiger partial charge >= 0.3 is 0 Å². The van der Waals surface area contributed by atoms with Crippen LogP contribution in [0.1, 0.15) is 12.5 Å². The average Bonchev–Trinajstić information content (AvgIpc) is 2.42. The number of hydrogen-bond donors (Lipinski definition) is 1. The van der Waals surface area contributed by atoms with E-state index in [-0.39, 0.29) is 11.8 Å². The van der Waals surface area contributed by atoms with Crippen LogP contribution in [0.5, 0.6) is 5.75 Å². The maximum atomic E-state index is 11.3. The van der Waals surface area contributed by atoms with Crippen molar-refractivity contribution in [3.8, 4) is 5.75 Å². The minimum atomic E-state index is -2.98. The highest BCUT2D eigenvalue weighted by Crippen LogP contribution is 2.27. The fraction of sp³-hybridized carbons (Fsp3) is 0.375. The summed E-state index contributed by atoms with van der Waals surface area (Å²) >= 11 is 0. The number of fused-ring (bicyclic) bond motifs is 1. The second-order valence-corrected chi connectivity index (χ2v) is 7.53. The van der Waals surface area contributed by atoms with E-state index in [1.54, 1.807) is 7.11 Å². The molecule has 0 saturated carbocycles. The van der Waals surface area contributed by atoms with Gasteiger partial charge in [0, 0.05) is 24.4 Å². The molecule has 0 heterocycles. The molecule has 4 nitrogen and oxygen atoms in total. The largest absolute Gasteiger partial charge is 0.496 e. The zero-order chi connectivity index (χ0) is 15.5. The van der Waals surface area contributed by atoms with E-state index in [1.165, 1.54) is 6.26 Å². The minimum absolute atomic E-state index is 0.108. The molecular weight excluding hydrogens is 286 g/mol. The predicted molar refractivity (Wildman–Crippen MR) is 86.5 cm³/mol. The second-order valence-electron chi connectivity index (χ2n) is 5.34. The van der Waals surface area contributed by atoms with E-state index in [1.807, 2.05) is 31.2 Å². The molecule has 0 aromatic heterocycles. The number of hydrogen-bond acceptors (Lipinski definition) is 4. The summed E-state index contributed by atoms with van der Waals surface area (Å²) in [5.74, 6) is 0.938. The predicted octanol–water partition coefficient (Wildman–Crippen LogP) is 2.37. The van der Waals surface area contributed by atoms with Crippen LogP contribution in [0.2, 0.25) is 0 Å². The highest BCUT2D eigenvalue weighted by atomic mass is 32.2. The molecule has 0 aliphatic heterocycles. The lowest BCUT2D eigenvalue weighted by atomic mass is 10.0. The van der Waals surface area contributed by atoms with Gasteiger partial charge in [-0.25, -0.2) is 8.42 Å². The standard InChI is InChI=1S/C16H21NO3S/c1-12(11-21(3,18)19)17-10-15-14-7-5-4-6-13(14)8-9-16(15)20-2/h4-9,12,17H,10-11H2,1-3H3. The summed E-state index contributed by atoms with van der Waals surface area (Å²) in [5.41, 5.74) is 1.05. The first-order valence-electron chi connectivity index (χ1n) is 6.86. The van der Waals surface area contributed by atoms with Gasteiger partial charge in [0.05, 0.1) is 12.9 Å². The van der Waals surface area contributed by atoms with Gasteiger partial charge in [-0.3, -0.25) is 0 Å². The van der Waals surface area contributed by atoms with Gasteiger partial charge in [-0.05, 0) is 23.8 Å². The summed E-state index contributed by atoms with van der Waals surface area (Å²) in [6.45, 7) is 2.44. The molecule has 2 aromatic rings. The van der Waals surface area contributed by atoms with Crippen LogP contribution in [-0.4, -0.2) is 33.6 Å². The maximum absolute atomic E-state index is 11.3. The van der Waals surface area contributed by atoms with E-state index in [0.29, 0.717) is 6.54 Å². The summed E-state index contributed by atoms with van der Waals surface area (Å²) in [4.78, 5) is 0. The average molecular weight is 307 g/mol. The molecule has 0 aliphatic carbocycles. The SMILES string of the molecule is COc1ccc2ccccc2c1CNC(C)CS(C)(=O)=O. The molecule has 21 heavy (non-hydrogen) atoms. The molecule has 0 saturated heterocycles. The van der Waals surface area contributed by atoms with Crippen molar-refractivity contribution in [2.75, 3.05) is 19.1 Å². The van der Waals surface area contributed by atoms with Gasteiger partial charge in [-0.1, -0.05) is 30.3 Å². The third-order valence-corrected chi connectivity index (χ3v) is 4.50. The van der Waals surface area contributed by atoms with Crippen LogP contribution in [0, 0.1) is 0 Å². The van der Waals surface area contributed by atoms with Crippen molar-refractivity contribution in [1.82, 2.24) is 5.32 Å². The Hall–Kier alpha value is -1.59. The monoisotopic (exact) mass is 307 g/mol. The van der Waals surface area contributed by atoms with E-state index in [9.17, 15) is 8.42 Å². The lowest BCUT2D eigenvalue weighted by Gasteiger charge is -2.16. The Kier molecular flexibility index (Phi) is 4.85. The van der Waals surface area contributed by atoms with Gasteiger partial charge in [0.15, 0.2) is 0 Å². The molecule has 0 amide bonds. The van der Waals surface area contributed by atoms with Crippen LogP contribution >= 0.6 is 0 Å². The van der Waals surface area contributed by atoms with Gasteiger partial charge in [-0.2, -0.15) is 0 Å². The molecule has 2 rings (SSSR count). The normalized spacial score (nSPS) is 13.3. The Morgan fingerprint density at radius 3 is 2.57 bits per heavy atom. The molecule has 0 spiro atoms. The highest BCUT2D eigenvalue weighted by molar-refractivity contribution is 7.90. The zero-order valence-corrected chi connectivity index (χ0v) is 13.4. The van der Waals surface area contributed by atoms with Crippen molar-refractivity contribution in [2.45, 2.75) is 19.5 Å². The van der Waals surface area contributed by atoms with Crippen LogP contribution in [0.3, 0.4) is 0 Å². The summed E-state index contributed by atoms with van der Waals surface area (Å²) in [6, 6.07) is 12.0. The van der Waals surface area contributed by atoms with E-state index in [4.69, 9.17) is 4.74 Å². The Bertz CT molecular complexity index is 725. The lowest BCUT2D eigenvalue weighted by Crippen LogP contribution is -2.32. The van der Waals surface area contributed by atoms with E-state index >= 15 is 0 Å². The highest BCUT2D eigenvalue weighted by Gasteiger charge is 2.13. The smallest absolute Gasteiger partial charge is 0.148 e. The molecule has 1 atom stereocenters. The Morgan fingerprint density at radius 1 is 1.19 bits per heavy atom. The lowest BCUT2D eigenvalue weighted by molar-refractivity contribution is 0.407. The molecule has 1 N–H and O–H groups in total. The summed E-state index contributed by atoms with van der Waals surface area (Å²) in [6.07, 6.45) is 1.25. The van der Waals surface area contributed by atoms with Crippen molar-refractivity contribution in [2.24, 2.45) is 0 Å². The number of nitrogens with one attached hydrogen (secondary N) is 1. The van der Waals surface area contributed by atoms with Crippen molar-refractivity contribution >= 4 is 20.6 Å². The van der Waals surface area contributed by atoms with Crippen LogP contribution in [0.25, 0.3) is 10.8 Å². The number of rotatable bonds is 6. The number of benzene rings is 2. The topological polar surface area (TPSA) is 55.4 Å². The van der Waals surface area contributed by atoms with Crippen LogP contribution in [-0.2, 0) is 16.4 Å². The first kappa shape index (κ1) is 15.8.